The summed E-state index contributed by atoms with van der Waals surface area (Å²) in [7, 11) is 0. The van der Waals surface area contributed by atoms with E-state index >= 15 is 0 Å². The highest BCUT2D eigenvalue weighted by atomic mass is 19.1. The maximum Gasteiger partial charge on any atom is 0.158 e. The number of carbonyl (C=O) groups is 1. The average molecular weight is 386 g/mol. The third kappa shape index (κ3) is 2.47. The van der Waals surface area contributed by atoms with Crippen LogP contribution in [0.15, 0.2) is 24.3 Å². The van der Waals surface area contributed by atoms with Crippen molar-refractivity contribution in [2.24, 2.45) is 5.41 Å². The molecule has 2 bridgehead atoms. The molecule has 0 N–H and O–H groups in total. The van der Waals surface area contributed by atoms with Crippen molar-refractivity contribution in [1.29, 1.82) is 0 Å². The number of carbonyl (C=O) groups excluding carboxylic acids is 1. The second kappa shape index (κ2) is 6.41. The van der Waals surface area contributed by atoms with Crippen LogP contribution < -0.4 is 0 Å². The van der Waals surface area contributed by atoms with E-state index in [0.717, 1.165) is 18.4 Å². The van der Waals surface area contributed by atoms with Crippen molar-refractivity contribution in [2.75, 3.05) is 0 Å². The molecule has 1 saturated carbocycles. The number of benzene rings is 1. The highest BCUT2D eigenvalue weighted by molar-refractivity contribution is 5.80. The first-order valence-corrected chi connectivity index (χ1v) is 9.73. The van der Waals surface area contributed by atoms with Gasteiger partial charge in [0, 0.05) is 5.41 Å². The summed E-state index contributed by atoms with van der Waals surface area (Å²) in [5.74, 6) is -1.20. The Balaban J connectivity index is 1.84. The topological polar surface area (TPSA) is 52.1 Å². The summed E-state index contributed by atoms with van der Waals surface area (Å²) in [6.07, 6.45) is 1.71. The minimum atomic E-state index is -0.710. The fraction of sp³-hybridized carbons (Fsp3) is 0.500. The van der Waals surface area contributed by atoms with Gasteiger partial charge in [0.05, 0.1) is 17.0 Å². The van der Waals surface area contributed by atoms with E-state index in [4.69, 9.17) is 4.74 Å². The van der Waals surface area contributed by atoms with Crippen LogP contribution in [-0.4, -0.2) is 22.1 Å². The van der Waals surface area contributed by atoms with Crippen molar-refractivity contribution in [1.82, 2.24) is 10.2 Å². The van der Waals surface area contributed by atoms with Crippen LogP contribution in [-0.2, 0) is 15.1 Å². The summed E-state index contributed by atoms with van der Waals surface area (Å²) in [5.41, 5.74) is 0.643. The van der Waals surface area contributed by atoms with Crippen molar-refractivity contribution >= 4 is 5.78 Å². The predicted octanol–water partition coefficient (Wildman–Crippen LogP) is 4.92. The summed E-state index contributed by atoms with van der Waals surface area (Å²) >= 11 is 0. The second-order valence-corrected chi connectivity index (χ2v) is 8.40. The molecule has 1 aromatic heterocycles. The number of fused-ring (bicyclic) bond motifs is 5. The molecule has 3 atom stereocenters. The van der Waals surface area contributed by atoms with Gasteiger partial charge in [0.1, 0.15) is 23.3 Å². The van der Waals surface area contributed by atoms with Gasteiger partial charge in [-0.2, -0.15) is 5.10 Å². The standard InChI is InChI=1S/C22H24F2N2O2/c1-5-18(12(2)27)28-22-10-9-14(21(22,3)4)13-11-17(25-26-20(13)22)19-15(23)7-6-8-16(19)24/h6-8,11,14,18H,5,9-10H2,1-4H3/t14-,18+,22+/m0/s1. The van der Waals surface area contributed by atoms with E-state index in [1.165, 1.54) is 25.1 Å². The van der Waals surface area contributed by atoms with E-state index in [2.05, 4.69) is 24.0 Å². The summed E-state index contributed by atoms with van der Waals surface area (Å²) < 4.78 is 34.9. The number of hydrogen-bond donors (Lipinski definition) is 0. The van der Waals surface area contributed by atoms with Crippen molar-refractivity contribution in [2.45, 2.75) is 64.6 Å². The zero-order valence-corrected chi connectivity index (χ0v) is 16.6. The average Bonchev–Trinajstić information content (AvgIpc) is 3.00. The van der Waals surface area contributed by atoms with Crippen molar-refractivity contribution in [3.8, 4) is 11.3 Å². The number of ether oxygens (including phenoxy) is 1. The van der Waals surface area contributed by atoms with Crippen LogP contribution >= 0.6 is 0 Å². The molecule has 1 fully saturated rings. The number of nitrogens with zero attached hydrogens (tertiary/aromatic N) is 2. The van der Waals surface area contributed by atoms with E-state index in [-0.39, 0.29) is 28.4 Å². The summed E-state index contributed by atoms with van der Waals surface area (Å²) in [6, 6.07) is 5.50. The Bertz CT molecular complexity index is 939. The van der Waals surface area contributed by atoms with Crippen LogP contribution in [0, 0.1) is 17.0 Å². The number of halogens is 2. The van der Waals surface area contributed by atoms with Crippen LogP contribution in [0.25, 0.3) is 11.3 Å². The van der Waals surface area contributed by atoms with Crippen molar-refractivity contribution in [3.05, 3.63) is 47.2 Å². The Morgan fingerprint density at radius 1 is 1.29 bits per heavy atom. The Kier molecular flexibility index (Phi) is 4.38. The van der Waals surface area contributed by atoms with Gasteiger partial charge in [0.25, 0.3) is 0 Å². The predicted molar refractivity (Wildman–Crippen MR) is 101 cm³/mol. The summed E-state index contributed by atoms with van der Waals surface area (Å²) in [6.45, 7) is 7.69. The molecule has 2 aromatic rings. The van der Waals surface area contributed by atoms with Gasteiger partial charge in [-0.3, -0.25) is 4.79 Å². The lowest BCUT2D eigenvalue weighted by Crippen LogP contribution is -2.43. The van der Waals surface area contributed by atoms with Crippen LogP contribution in [0.4, 0.5) is 8.78 Å². The molecule has 0 amide bonds. The number of hydrogen-bond acceptors (Lipinski definition) is 4. The first-order chi connectivity index (χ1) is 13.2. The van der Waals surface area contributed by atoms with E-state index in [9.17, 15) is 13.6 Å². The number of ketones is 1. The van der Waals surface area contributed by atoms with E-state index in [1.807, 2.05) is 6.92 Å². The van der Waals surface area contributed by atoms with Crippen LogP contribution in [0.2, 0.25) is 0 Å². The maximum absolute atomic E-state index is 14.2. The molecule has 0 spiro atoms. The Labute approximate surface area is 163 Å². The van der Waals surface area contributed by atoms with Gasteiger partial charge >= 0.3 is 0 Å². The van der Waals surface area contributed by atoms with Gasteiger partial charge in [0.15, 0.2) is 5.78 Å². The zero-order chi connectivity index (χ0) is 20.3. The Morgan fingerprint density at radius 3 is 2.57 bits per heavy atom. The minimum absolute atomic E-state index is 0.0115. The van der Waals surface area contributed by atoms with Gasteiger partial charge in [0.2, 0.25) is 0 Å². The molecule has 0 unspecified atom stereocenters. The van der Waals surface area contributed by atoms with Gasteiger partial charge in [-0.1, -0.05) is 26.8 Å². The zero-order valence-electron chi connectivity index (χ0n) is 16.6. The van der Waals surface area contributed by atoms with Gasteiger partial charge in [-0.15, -0.1) is 5.10 Å². The molecule has 4 nitrogen and oxygen atoms in total. The summed E-state index contributed by atoms with van der Waals surface area (Å²) in [4.78, 5) is 12.0. The van der Waals surface area contributed by atoms with Crippen LogP contribution in [0.1, 0.15) is 64.1 Å². The molecule has 4 rings (SSSR count). The third-order valence-electron chi connectivity index (χ3n) is 6.66. The molecule has 2 aliphatic rings. The summed E-state index contributed by atoms with van der Waals surface area (Å²) in [5, 5.41) is 8.55. The largest absolute Gasteiger partial charge is 0.357 e. The molecule has 0 saturated heterocycles. The monoisotopic (exact) mass is 386 g/mol. The smallest absolute Gasteiger partial charge is 0.158 e. The molecular formula is C22H24F2N2O2. The van der Waals surface area contributed by atoms with Crippen LogP contribution in [0.5, 0.6) is 0 Å². The van der Waals surface area contributed by atoms with Crippen molar-refractivity contribution < 1.29 is 18.3 Å². The quantitative estimate of drug-likeness (QED) is 0.732. The Morgan fingerprint density at radius 2 is 1.96 bits per heavy atom. The lowest BCUT2D eigenvalue weighted by molar-refractivity contribution is -0.164. The minimum Gasteiger partial charge on any atom is -0.357 e. The molecule has 2 aliphatic carbocycles. The van der Waals surface area contributed by atoms with Crippen LogP contribution in [0.3, 0.4) is 0 Å². The molecule has 0 aliphatic heterocycles. The highest BCUT2D eigenvalue weighted by Crippen LogP contribution is 2.68. The maximum atomic E-state index is 14.2. The number of rotatable bonds is 5. The number of aromatic nitrogens is 2. The normalized spacial score (nSPS) is 25.6. The van der Waals surface area contributed by atoms with Gasteiger partial charge in [-0.05, 0) is 55.9 Å². The molecule has 1 aromatic carbocycles. The molecule has 1 heterocycles. The Hall–Kier alpha value is -2.21. The first-order valence-electron chi connectivity index (χ1n) is 9.73. The lowest BCUT2D eigenvalue weighted by atomic mass is 9.77. The van der Waals surface area contributed by atoms with E-state index in [1.54, 1.807) is 6.07 Å². The molecule has 148 valence electrons. The van der Waals surface area contributed by atoms with E-state index in [0.29, 0.717) is 12.1 Å². The van der Waals surface area contributed by atoms with Crippen molar-refractivity contribution in [3.63, 3.8) is 0 Å². The fourth-order valence-corrected chi connectivity index (χ4v) is 5.09. The third-order valence-corrected chi connectivity index (χ3v) is 6.66. The fourth-order valence-electron chi connectivity index (χ4n) is 5.09. The SMILES string of the molecule is CC[C@@H](O[C@]12CC[C@@H](c3cc(-c4c(F)cccc4F)nnc31)C2(C)C)C(C)=O. The highest BCUT2D eigenvalue weighted by Gasteiger charge is 2.65. The van der Waals surface area contributed by atoms with Gasteiger partial charge in [-0.25, -0.2) is 8.78 Å². The second-order valence-electron chi connectivity index (χ2n) is 8.40. The molecule has 0 radical (unpaired) electrons. The molecule has 28 heavy (non-hydrogen) atoms. The molecular weight excluding hydrogens is 362 g/mol. The van der Waals surface area contributed by atoms with E-state index < -0.39 is 23.3 Å². The lowest BCUT2D eigenvalue weighted by Gasteiger charge is -2.39. The van der Waals surface area contributed by atoms with Gasteiger partial charge < -0.3 is 4.74 Å². The number of Topliss-reactive ketones (excluding diaryl/α,β-unsaturated/α-hetero) is 1. The molecule has 6 heteroatoms. The first kappa shape index (κ1) is 19.1.